The monoisotopic (exact) mass is 317 g/mol. The molecule has 0 saturated carbocycles. The SMILES string of the molecule is Cc1cc(C(=O)NCc2ccc(OCCCC(=O)O)cc2)co1. The van der Waals surface area contributed by atoms with Crippen LogP contribution < -0.4 is 10.1 Å². The van der Waals surface area contributed by atoms with Crippen molar-refractivity contribution in [1.82, 2.24) is 5.32 Å². The second-order valence-corrected chi connectivity index (χ2v) is 5.12. The maximum absolute atomic E-state index is 11.9. The molecule has 0 bridgehead atoms. The lowest BCUT2D eigenvalue weighted by Gasteiger charge is -2.07. The Kier molecular flexibility index (Phi) is 5.80. The van der Waals surface area contributed by atoms with Crippen molar-refractivity contribution in [2.75, 3.05) is 6.61 Å². The van der Waals surface area contributed by atoms with Crippen LogP contribution in [0.15, 0.2) is 41.0 Å². The van der Waals surface area contributed by atoms with E-state index in [1.807, 2.05) is 12.1 Å². The molecule has 0 fully saturated rings. The Labute approximate surface area is 134 Å². The fourth-order valence-corrected chi connectivity index (χ4v) is 1.96. The number of hydrogen-bond acceptors (Lipinski definition) is 4. The van der Waals surface area contributed by atoms with Crippen LogP contribution in [0.3, 0.4) is 0 Å². The predicted octanol–water partition coefficient (Wildman–Crippen LogP) is 2.76. The zero-order valence-corrected chi connectivity index (χ0v) is 12.9. The van der Waals surface area contributed by atoms with Crippen LogP contribution in [0.25, 0.3) is 0 Å². The molecule has 0 radical (unpaired) electrons. The Morgan fingerprint density at radius 2 is 2.00 bits per heavy atom. The molecular formula is C17H19NO5. The van der Waals surface area contributed by atoms with E-state index in [1.165, 1.54) is 6.26 Å². The van der Waals surface area contributed by atoms with Gasteiger partial charge in [0.25, 0.3) is 5.91 Å². The maximum atomic E-state index is 11.9. The maximum Gasteiger partial charge on any atom is 0.303 e. The summed E-state index contributed by atoms with van der Waals surface area (Å²) in [7, 11) is 0. The predicted molar refractivity (Wildman–Crippen MR) is 83.4 cm³/mol. The highest BCUT2D eigenvalue weighted by molar-refractivity contribution is 5.93. The normalized spacial score (nSPS) is 10.3. The molecule has 122 valence electrons. The van der Waals surface area contributed by atoms with Crippen molar-refractivity contribution in [2.24, 2.45) is 0 Å². The van der Waals surface area contributed by atoms with Gasteiger partial charge in [0.1, 0.15) is 17.8 Å². The van der Waals surface area contributed by atoms with Crippen LogP contribution in [0.4, 0.5) is 0 Å². The largest absolute Gasteiger partial charge is 0.494 e. The van der Waals surface area contributed by atoms with Crippen molar-refractivity contribution in [2.45, 2.75) is 26.3 Å². The lowest BCUT2D eigenvalue weighted by Crippen LogP contribution is -2.22. The molecule has 0 spiro atoms. The van der Waals surface area contributed by atoms with E-state index in [-0.39, 0.29) is 12.3 Å². The van der Waals surface area contributed by atoms with Gasteiger partial charge in [-0.25, -0.2) is 0 Å². The van der Waals surface area contributed by atoms with Crippen LogP contribution in [0.1, 0.15) is 34.5 Å². The molecule has 0 aliphatic heterocycles. The Morgan fingerprint density at radius 1 is 1.26 bits per heavy atom. The van der Waals surface area contributed by atoms with Crippen molar-refractivity contribution >= 4 is 11.9 Å². The smallest absolute Gasteiger partial charge is 0.303 e. The minimum atomic E-state index is -0.826. The summed E-state index contributed by atoms with van der Waals surface area (Å²) in [5.74, 6) is 0.360. The lowest BCUT2D eigenvalue weighted by atomic mass is 10.2. The molecular weight excluding hydrogens is 298 g/mol. The number of carboxylic acid groups (broad SMARTS) is 1. The summed E-state index contributed by atoms with van der Waals surface area (Å²) in [5.41, 5.74) is 1.44. The average Bonchev–Trinajstić information content (AvgIpc) is 2.97. The number of aryl methyl sites for hydroxylation is 1. The summed E-state index contributed by atoms with van der Waals surface area (Å²) in [6, 6.07) is 8.98. The fraction of sp³-hybridized carbons (Fsp3) is 0.294. The second kappa shape index (κ2) is 8.03. The van der Waals surface area contributed by atoms with Gasteiger partial charge in [-0.3, -0.25) is 9.59 Å². The molecule has 23 heavy (non-hydrogen) atoms. The van der Waals surface area contributed by atoms with Crippen LogP contribution in [-0.4, -0.2) is 23.6 Å². The molecule has 6 nitrogen and oxygen atoms in total. The van der Waals surface area contributed by atoms with Crippen molar-refractivity contribution in [3.63, 3.8) is 0 Å². The summed E-state index contributed by atoms with van der Waals surface area (Å²) in [6.45, 7) is 2.55. The quantitative estimate of drug-likeness (QED) is 0.731. The van der Waals surface area contributed by atoms with Crippen LogP contribution in [0.2, 0.25) is 0 Å². The Hall–Kier alpha value is -2.76. The third-order valence-electron chi connectivity index (χ3n) is 3.17. The number of furan rings is 1. The van der Waals surface area contributed by atoms with Crippen molar-refractivity contribution in [3.05, 3.63) is 53.5 Å². The van der Waals surface area contributed by atoms with E-state index in [2.05, 4.69) is 5.32 Å². The first-order valence-electron chi connectivity index (χ1n) is 7.31. The van der Waals surface area contributed by atoms with Gasteiger partial charge >= 0.3 is 5.97 Å². The van der Waals surface area contributed by atoms with Gasteiger partial charge in [0.05, 0.1) is 12.2 Å². The molecule has 1 aromatic heterocycles. The third kappa shape index (κ3) is 5.50. The zero-order valence-electron chi connectivity index (χ0n) is 12.9. The number of carbonyl (C=O) groups excluding carboxylic acids is 1. The average molecular weight is 317 g/mol. The van der Waals surface area contributed by atoms with E-state index in [4.69, 9.17) is 14.3 Å². The number of aliphatic carboxylic acids is 1. The first kappa shape index (κ1) is 16.6. The van der Waals surface area contributed by atoms with E-state index in [0.717, 1.165) is 5.56 Å². The van der Waals surface area contributed by atoms with E-state index in [1.54, 1.807) is 25.1 Å². The van der Waals surface area contributed by atoms with Crippen LogP contribution >= 0.6 is 0 Å². The van der Waals surface area contributed by atoms with Gasteiger partial charge in [-0.2, -0.15) is 0 Å². The number of hydrogen-bond donors (Lipinski definition) is 2. The zero-order chi connectivity index (χ0) is 16.7. The van der Waals surface area contributed by atoms with E-state index >= 15 is 0 Å². The first-order valence-corrected chi connectivity index (χ1v) is 7.31. The third-order valence-corrected chi connectivity index (χ3v) is 3.17. The molecule has 0 aliphatic rings. The topological polar surface area (TPSA) is 88.8 Å². The molecule has 2 aromatic rings. The number of carboxylic acids is 1. The Morgan fingerprint density at radius 3 is 2.61 bits per heavy atom. The summed E-state index contributed by atoms with van der Waals surface area (Å²) >= 11 is 0. The molecule has 0 unspecified atom stereocenters. The summed E-state index contributed by atoms with van der Waals surface area (Å²) in [4.78, 5) is 22.3. The number of nitrogens with one attached hydrogen (secondary N) is 1. The van der Waals surface area contributed by atoms with Gasteiger partial charge in [-0.15, -0.1) is 0 Å². The van der Waals surface area contributed by atoms with Crippen molar-refractivity contribution in [3.8, 4) is 5.75 Å². The van der Waals surface area contributed by atoms with Gasteiger partial charge in [0.2, 0.25) is 0 Å². The Bertz CT molecular complexity index is 660. The number of rotatable bonds is 8. The number of ether oxygens (including phenoxy) is 1. The number of carbonyl (C=O) groups is 2. The highest BCUT2D eigenvalue weighted by Crippen LogP contribution is 2.13. The van der Waals surface area contributed by atoms with E-state index in [9.17, 15) is 9.59 Å². The summed E-state index contributed by atoms with van der Waals surface area (Å²) in [6.07, 6.45) is 1.99. The highest BCUT2D eigenvalue weighted by Gasteiger charge is 2.08. The Balaban J connectivity index is 1.76. The number of benzene rings is 1. The molecule has 6 heteroatoms. The van der Waals surface area contributed by atoms with Gasteiger partial charge in [0, 0.05) is 13.0 Å². The van der Waals surface area contributed by atoms with Gasteiger partial charge in [0.15, 0.2) is 0 Å². The van der Waals surface area contributed by atoms with Gasteiger partial charge in [-0.1, -0.05) is 12.1 Å². The first-order chi connectivity index (χ1) is 11.0. The summed E-state index contributed by atoms with van der Waals surface area (Å²) < 4.78 is 10.5. The summed E-state index contributed by atoms with van der Waals surface area (Å²) in [5, 5.41) is 11.3. The molecule has 1 aromatic carbocycles. The molecule has 0 aliphatic carbocycles. The van der Waals surface area contributed by atoms with Crippen LogP contribution in [0.5, 0.6) is 5.75 Å². The minimum Gasteiger partial charge on any atom is -0.494 e. The van der Waals surface area contributed by atoms with Crippen LogP contribution in [-0.2, 0) is 11.3 Å². The van der Waals surface area contributed by atoms with Crippen LogP contribution in [0, 0.1) is 6.92 Å². The van der Waals surface area contributed by atoms with E-state index in [0.29, 0.717) is 36.6 Å². The fourth-order valence-electron chi connectivity index (χ4n) is 1.96. The molecule has 2 rings (SSSR count). The molecule has 2 N–H and O–H groups in total. The van der Waals surface area contributed by atoms with Crippen molar-refractivity contribution < 1.29 is 23.8 Å². The standard InChI is InChI=1S/C17H19NO5/c1-12-9-14(11-23-12)17(21)18-10-13-4-6-15(7-5-13)22-8-2-3-16(19)20/h4-7,9,11H,2-3,8,10H2,1H3,(H,18,21)(H,19,20). The van der Waals surface area contributed by atoms with E-state index < -0.39 is 5.97 Å². The number of amides is 1. The minimum absolute atomic E-state index is 0.0948. The van der Waals surface area contributed by atoms with Crippen molar-refractivity contribution in [1.29, 1.82) is 0 Å². The highest BCUT2D eigenvalue weighted by atomic mass is 16.5. The molecule has 1 amide bonds. The lowest BCUT2D eigenvalue weighted by molar-refractivity contribution is -0.137. The second-order valence-electron chi connectivity index (χ2n) is 5.12. The molecule has 1 heterocycles. The molecule has 0 saturated heterocycles. The van der Waals surface area contributed by atoms with Gasteiger partial charge < -0.3 is 19.6 Å². The molecule has 0 atom stereocenters. The van der Waals surface area contributed by atoms with Gasteiger partial charge in [-0.05, 0) is 37.1 Å².